The number of benzene rings is 1. The van der Waals surface area contributed by atoms with Crippen molar-refractivity contribution in [2.45, 2.75) is 6.42 Å². The lowest BCUT2D eigenvalue weighted by molar-refractivity contribution is 0.0889. The van der Waals surface area contributed by atoms with Crippen molar-refractivity contribution >= 4 is 11.6 Å². The summed E-state index contributed by atoms with van der Waals surface area (Å²) in [7, 11) is 3.21. The summed E-state index contributed by atoms with van der Waals surface area (Å²) in [4.78, 5) is 24.0. The number of ether oxygens (including phenoxy) is 1. The van der Waals surface area contributed by atoms with Gasteiger partial charge in [0.2, 0.25) is 0 Å². The number of nitrogens with zero attached hydrogens (tertiary/aromatic N) is 2. The number of carbonyl (C=O) groups excluding carboxylic acids is 2. The summed E-state index contributed by atoms with van der Waals surface area (Å²) in [6, 6.07) is 8.44. The van der Waals surface area contributed by atoms with Gasteiger partial charge in [0.25, 0.3) is 0 Å². The Morgan fingerprint density at radius 2 is 1.95 bits per heavy atom. The molecule has 1 aromatic heterocycles. The Labute approximate surface area is 110 Å². The van der Waals surface area contributed by atoms with E-state index >= 15 is 0 Å². The van der Waals surface area contributed by atoms with Crippen molar-refractivity contribution in [2.75, 3.05) is 7.11 Å². The molecule has 0 N–H and O–H groups in total. The van der Waals surface area contributed by atoms with Crippen LogP contribution in [0.2, 0.25) is 0 Å². The van der Waals surface area contributed by atoms with E-state index < -0.39 is 0 Å². The summed E-state index contributed by atoms with van der Waals surface area (Å²) in [5.41, 5.74) is 0.708. The molecular formula is C14H14N2O3. The first-order valence-electron chi connectivity index (χ1n) is 5.81. The molecule has 0 bridgehead atoms. The molecule has 0 aliphatic rings. The predicted molar refractivity (Wildman–Crippen MR) is 69.5 cm³/mol. The maximum Gasteiger partial charge on any atom is 0.190 e. The molecule has 1 aromatic carbocycles. The molecule has 2 rings (SSSR count). The number of carbonyl (C=O) groups is 2. The normalized spacial score (nSPS) is 10.2. The lowest BCUT2D eigenvalue weighted by Gasteiger charge is -2.06. The van der Waals surface area contributed by atoms with Crippen molar-refractivity contribution in [1.82, 2.24) is 9.78 Å². The number of rotatable bonds is 5. The first-order chi connectivity index (χ1) is 9.11. The van der Waals surface area contributed by atoms with Gasteiger partial charge in [-0.05, 0) is 18.2 Å². The molecule has 19 heavy (non-hydrogen) atoms. The summed E-state index contributed by atoms with van der Waals surface area (Å²) in [5, 5.41) is 3.98. The van der Waals surface area contributed by atoms with Crippen LogP contribution in [0.1, 0.15) is 27.3 Å². The van der Waals surface area contributed by atoms with Crippen molar-refractivity contribution in [1.29, 1.82) is 0 Å². The number of ketones is 2. The van der Waals surface area contributed by atoms with E-state index in [0.29, 0.717) is 17.0 Å². The molecule has 1 heterocycles. The van der Waals surface area contributed by atoms with Gasteiger partial charge in [0.1, 0.15) is 11.4 Å². The SMILES string of the molecule is COc1ccccc1C(=O)CC(=O)c1ccn(C)n1. The smallest absolute Gasteiger partial charge is 0.190 e. The molecule has 0 saturated heterocycles. The molecule has 98 valence electrons. The minimum atomic E-state index is -0.295. The average Bonchev–Trinajstić information content (AvgIpc) is 2.85. The maximum absolute atomic E-state index is 12.1. The summed E-state index contributed by atoms with van der Waals surface area (Å²) < 4.78 is 6.63. The number of hydrogen-bond donors (Lipinski definition) is 0. The highest BCUT2D eigenvalue weighted by Gasteiger charge is 2.18. The molecule has 0 aliphatic heterocycles. The highest BCUT2D eigenvalue weighted by Crippen LogP contribution is 2.19. The van der Waals surface area contributed by atoms with Crippen LogP contribution in [-0.2, 0) is 7.05 Å². The quantitative estimate of drug-likeness (QED) is 0.607. The zero-order valence-corrected chi connectivity index (χ0v) is 10.8. The van der Waals surface area contributed by atoms with Gasteiger partial charge in [0.15, 0.2) is 11.6 Å². The summed E-state index contributed by atoms with van der Waals surface area (Å²) in [6.45, 7) is 0. The van der Waals surface area contributed by atoms with Crippen molar-refractivity contribution in [3.8, 4) is 5.75 Å². The molecule has 5 nitrogen and oxygen atoms in total. The van der Waals surface area contributed by atoms with E-state index in [1.807, 2.05) is 0 Å². The van der Waals surface area contributed by atoms with Crippen LogP contribution in [-0.4, -0.2) is 28.5 Å². The Morgan fingerprint density at radius 1 is 1.21 bits per heavy atom. The van der Waals surface area contributed by atoms with Gasteiger partial charge in [-0.2, -0.15) is 5.10 Å². The predicted octanol–water partition coefficient (Wildman–Crippen LogP) is 1.88. The highest BCUT2D eigenvalue weighted by atomic mass is 16.5. The minimum Gasteiger partial charge on any atom is -0.496 e. The molecule has 0 atom stereocenters. The molecular weight excluding hydrogens is 244 g/mol. The second-order valence-corrected chi connectivity index (χ2v) is 4.10. The Hall–Kier alpha value is -2.43. The van der Waals surface area contributed by atoms with Crippen LogP contribution in [0.3, 0.4) is 0 Å². The van der Waals surface area contributed by atoms with Crippen LogP contribution >= 0.6 is 0 Å². The molecule has 5 heteroatoms. The van der Waals surface area contributed by atoms with E-state index in [0.717, 1.165) is 0 Å². The van der Waals surface area contributed by atoms with Gasteiger partial charge in [-0.3, -0.25) is 14.3 Å². The standard InChI is InChI=1S/C14H14N2O3/c1-16-8-7-11(15-16)13(18)9-12(17)10-5-3-4-6-14(10)19-2/h3-8H,9H2,1-2H3. The number of aromatic nitrogens is 2. The molecule has 0 aliphatic carbocycles. The molecule has 0 fully saturated rings. The van der Waals surface area contributed by atoms with Gasteiger partial charge < -0.3 is 4.74 Å². The molecule has 0 spiro atoms. The monoisotopic (exact) mass is 258 g/mol. The van der Waals surface area contributed by atoms with Crippen molar-refractivity contribution in [3.63, 3.8) is 0 Å². The molecule has 2 aromatic rings. The number of methoxy groups -OCH3 is 1. The van der Waals surface area contributed by atoms with E-state index in [1.165, 1.54) is 11.8 Å². The Balaban J connectivity index is 2.15. The van der Waals surface area contributed by atoms with Crippen LogP contribution < -0.4 is 4.74 Å². The van der Waals surface area contributed by atoms with Crippen molar-refractivity contribution in [3.05, 3.63) is 47.8 Å². The third-order valence-corrected chi connectivity index (χ3v) is 2.73. The zero-order valence-electron chi connectivity index (χ0n) is 10.8. The Kier molecular flexibility index (Phi) is 3.75. The zero-order chi connectivity index (χ0) is 13.8. The van der Waals surface area contributed by atoms with Crippen molar-refractivity contribution in [2.24, 2.45) is 7.05 Å². The number of aryl methyl sites for hydroxylation is 1. The van der Waals surface area contributed by atoms with Gasteiger partial charge in [0.05, 0.1) is 19.1 Å². The first-order valence-corrected chi connectivity index (χ1v) is 5.81. The van der Waals surface area contributed by atoms with Gasteiger partial charge in [-0.15, -0.1) is 0 Å². The lowest BCUT2D eigenvalue weighted by atomic mass is 10.0. The highest BCUT2D eigenvalue weighted by molar-refractivity contribution is 6.13. The second-order valence-electron chi connectivity index (χ2n) is 4.10. The average molecular weight is 258 g/mol. The Morgan fingerprint density at radius 3 is 2.58 bits per heavy atom. The first kappa shape index (κ1) is 13.0. The van der Waals surface area contributed by atoms with E-state index in [2.05, 4.69) is 5.10 Å². The van der Waals surface area contributed by atoms with Gasteiger partial charge in [0, 0.05) is 13.2 Å². The van der Waals surface area contributed by atoms with Crippen LogP contribution in [0.5, 0.6) is 5.75 Å². The lowest BCUT2D eigenvalue weighted by Crippen LogP contribution is -2.10. The molecule has 0 radical (unpaired) electrons. The molecule has 0 amide bonds. The van der Waals surface area contributed by atoms with E-state index in [-0.39, 0.29) is 18.0 Å². The van der Waals surface area contributed by atoms with Gasteiger partial charge in [-0.1, -0.05) is 12.1 Å². The maximum atomic E-state index is 12.1. The minimum absolute atomic E-state index is 0.211. The number of Topliss-reactive ketones (excluding diaryl/α,β-unsaturated/α-hetero) is 2. The number of hydrogen-bond acceptors (Lipinski definition) is 4. The molecule has 0 unspecified atom stereocenters. The van der Waals surface area contributed by atoms with E-state index in [1.54, 1.807) is 43.6 Å². The summed E-state index contributed by atoms with van der Waals surface area (Å²) in [6.07, 6.45) is 1.46. The third-order valence-electron chi connectivity index (χ3n) is 2.73. The van der Waals surface area contributed by atoms with E-state index in [9.17, 15) is 9.59 Å². The van der Waals surface area contributed by atoms with E-state index in [4.69, 9.17) is 4.74 Å². The summed E-state index contributed by atoms with van der Waals surface area (Å²) in [5.74, 6) is -0.0917. The van der Waals surface area contributed by atoms with Gasteiger partial charge >= 0.3 is 0 Å². The molecule has 0 saturated carbocycles. The van der Waals surface area contributed by atoms with Crippen LogP contribution in [0.4, 0.5) is 0 Å². The second kappa shape index (κ2) is 5.48. The Bertz CT molecular complexity index is 617. The number of para-hydroxylation sites is 1. The fourth-order valence-electron chi connectivity index (χ4n) is 1.77. The van der Waals surface area contributed by atoms with Crippen LogP contribution in [0.15, 0.2) is 36.5 Å². The van der Waals surface area contributed by atoms with Crippen LogP contribution in [0, 0.1) is 0 Å². The van der Waals surface area contributed by atoms with Crippen LogP contribution in [0.25, 0.3) is 0 Å². The van der Waals surface area contributed by atoms with Gasteiger partial charge in [-0.25, -0.2) is 0 Å². The topological polar surface area (TPSA) is 61.2 Å². The largest absolute Gasteiger partial charge is 0.496 e. The summed E-state index contributed by atoms with van der Waals surface area (Å²) >= 11 is 0. The fourth-order valence-corrected chi connectivity index (χ4v) is 1.77. The third kappa shape index (κ3) is 2.88. The van der Waals surface area contributed by atoms with Crippen molar-refractivity contribution < 1.29 is 14.3 Å². The fraction of sp³-hybridized carbons (Fsp3) is 0.214.